The molecule has 1 aliphatic heterocycles. The monoisotopic (exact) mass is 308 g/mol. The average Bonchev–Trinajstić information content (AvgIpc) is 2.86. The van der Waals surface area contributed by atoms with Gasteiger partial charge in [-0.1, -0.05) is 12.5 Å². The van der Waals surface area contributed by atoms with E-state index in [0.29, 0.717) is 22.2 Å². The van der Waals surface area contributed by atoms with E-state index < -0.39 is 5.97 Å². The minimum atomic E-state index is -0.994. The van der Waals surface area contributed by atoms with Crippen molar-refractivity contribution in [2.75, 3.05) is 13.1 Å². The van der Waals surface area contributed by atoms with E-state index in [1.54, 1.807) is 12.1 Å². The van der Waals surface area contributed by atoms with E-state index in [2.05, 4.69) is 10.4 Å². The molecule has 2 heterocycles. The van der Waals surface area contributed by atoms with Crippen molar-refractivity contribution in [3.05, 3.63) is 34.5 Å². The lowest BCUT2D eigenvalue weighted by Crippen LogP contribution is -2.41. The summed E-state index contributed by atoms with van der Waals surface area (Å²) in [6.07, 6.45) is 3.50. The third-order valence-corrected chi connectivity index (χ3v) is 4.98. The maximum absolute atomic E-state index is 14.1. The first-order valence-electron chi connectivity index (χ1n) is 7.08. The number of aromatic carboxylic acids is 1. The van der Waals surface area contributed by atoms with E-state index in [1.165, 1.54) is 12.5 Å². The number of carboxylic acid groups (broad SMARTS) is 1. The average molecular weight is 308 g/mol. The van der Waals surface area contributed by atoms with Crippen LogP contribution in [0.4, 0.5) is 4.39 Å². The number of carbonyl (C=O) groups is 1. The molecule has 2 aromatic rings. The van der Waals surface area contributed by atoms with Gasteiger partial charge in [0.2, 0.25) is 0 Å². The van der Waals surface area contributed by atoms with Crippen molar-refractivity contribution in [3.63, 3.8) is 0 Å². The Morgan fingerprint density at radius 2 is 2.10 bits per heavy atom. The van der Waals surface area contributed by atoms with Crippen LogP contribution in [-0.2, 0) is 6.54 Å². The predicted octanol–water partition coefficient (Wildman–Crippen LogP) is 3.23. The molecule has 2 N–H and O–H groups in total. The fraction of sp³-hybridized carbons (Fsp3) is 0.400. The van der Waals surface area contributed by atoms with E-state index >= 15 is 0 Å². The molecule has 0 atom stereocenters. The minimum Gasteiger partial charge on any atom is -0.477 e. The number of hydrazine groups is 1. The van der Waals surface area contributed by atoms with Crippen molar-refractivity contribution >= 4 is 27.4 Å². The standard InChI is InChI=1S/C15H17FN2O2S/c16-11-5-4-6-12-13(11)10(14(21-12)15(19)20)9-17-18-7-2-1-3-8-18/h4-6,17H,1-3,7-9H2,(H,19,20). The van der Waals surface area contributed by atoms with Gasteiger partial charge in [-0.2, -0.15) is 0 Å². The van der Waals surface area contributed by atoms with Crippen LogP contribution in [0.2, 0.25) is 0 Å². The molecule has 6 heteroatoms. The zero-order valence-corrected chi connectivity index (χ0v) is 12.4. The summed E-state index contributed by atoms with van der Waals surface area (Å²) in [6, 6.07) is 4.76. The van der Waals surface area contributed by atoms with E-state index in [1.807, 2.05) is 0 Å². The second-order valence-corrected chi connectivity index (χ2v) is 6.26. The second-order valence-electron chi connectivity index (χ2n) is 5.21. The van der Waals surface area contributed by atoms with Crippen LogP contribution in [0, 0.1) is 5.82 Å². The van der Waals surface area contributed by atoms with Gasteiger partial charge in [0.05, 0.1) is 0 Å². The van der Waals surface area contributed by atoms with Crippen LogP contribution in [0.15, 0.2) is 18.2 Å². The molecule has 0 unspecified atom stereocenters. The van der Waals surface area contributed by atoms with Gasteiger partial charge in [0.15, 0.2) is 0 Å². The van der Waals surface area contributed by atoms with Crippen LogP contribution in [0.1, 0.15) is 34.5 Å². The minimum absolute atomic E-state index is 0.222. The maximum atomic E-state index is 14.1. The van der Waals surface area contributed by atoms with Gasteiger partial charge in [-0.25, -0.2) is 14.2 Å². The smallest absolute Gasteiger partial charge is 0.346 e. The molecule has 0 amide bonds. The van der Waals surface area contributed by atoms with Crippen LogP contribution in [0.3, 0.4) is 0 Å². The Hall–Kier alpha value is -1.50. The van der Waals surface area contributed by atoms with Crippen LogP contribution >= 0.6 is 11.3 Å². The summed E-state index contributed by atoms with van der Waals surface area (Å²) >= 11 is 1.13. The van der Waals surface area contributed by atoms with Gasteiger partial charge in [0.25, 0.3) is 0 Å². The highest BCUT2D eigenvalue weighted by Gasteiger charge is 2.21. The molecular formula is C15H17FN2O2S. The molecule has 0 saturated carbocycles. The second kappa shape index (κ2) is 6.09. The van der Waals surface area contributed by atoms with E-state index in [0.717, 1.165) is 37.3 Å². The zero-order valence-electron chi connectivity index (χ0n) is 11.6. The third kappa shape index (κ3) is 2.92. The molecule has 1 aliphatic rings. The quantitative estimate of drug-likeness (QED) is 0.910. The molecule has 0 radical (unpaired) electrons. The van der Waals surface area contributed by atoms with Gasteiger partial charge >= 0.3 is 5.97 Å². The predicted molar refractivity (Wildman–Crippen MR) is 81.0 cm³/mol. The van der Waals surface area contributed by atoms with Crippen molar-refractivity contribution in [2.45, 2.75) is 25.8 Å². The first-order chi connectivity index (χ1) is 10.2. The largest absolute Gasteiger partial charge is 0.477 e. The normalized spacial score (nSPS) is 16.4. The number of fused-ring (bicyclic) bond motifs is 1. The number of thiophene rings is 1. The highest BCUT2D eigenvalue weighted by molar-refractivity contribution is 7.21. The number of nitrogens with one attached hydrogen (secondary N) is 1. The maximum Gasteiger partial charge on any atom is 0.346 e. The number of rotatable bonds is 4. The van der Waals surface area contributed by atoms with Crippen molar-refractivity contribution in [1.29, 1.82) is 0 Å². The van der Waals surface area contributed by atoms with Gasteiger partial charge in [0.1, 0.15) is 10.7 Å². The number of halogens is 1. The highest BCUT2D eigenvalue weighted by Crippen LogP contribution is 2.33. The summed E-state index contributed by atoms with van der Waals surface area (Å²) in [5, 5.41) is 11.9. The molecule has 1 aromatic carbocycles. The summed E-state index contributed by atoms with van der Waals surface area (Å²) in [7, 11) is 0. The SMILES string of the molecule is O=C(O)c1sc2cccc(F)c2c1CNN1CCCCC1. The van der Waals surface area contributed by atoms with Crippen LogP contribution in [-0.4, -0.2) is 29.2 Å². The Labute approximate surface area is 126 Å². The fourth-order valence-electron chi connectivity index (χ4n) is 2.75. The van der Waals surface area contributed by atoms with Crippen molar-refractivity contribution in [2.24, 2.45) is 0 Å². The highest BCUT2D eigenvalue weighted by atomic mass is 32.1. The van der Waals surface area contributed by atoms with E-state index in [-0.39, 0.29) is 10.7 Å². The molecule has 1 aromatic heterocycles. The van der Waals surface area contributed by atoms with Crippen LogP contribution < -0.4 is 5.43 Å². The summed E-state index contributed by atoms with van der Waals surface area (Å²) in [6.45, 7) is 2.25. The third-order valence-electron chi connectivity index (χ3n) is 3.79. The van der Waals surface area contributed by atoms with Crippen molar-refractivity contribution in [1.82, 2.24) is 10.4 Å². The van der Waals surface area contributed by atoms with Gasteiger partial charge < -0.3 is 5.11 Å². The van der Waals surface area contributed by atoms with E-state index in [4.69, 9.17) is 0 Å². The molecule has 0 bridgehead atoms. The van der Waals surface area contributed by atoms with Gasteiger partial charge in [0, 0.05) is 35.3 Å². The van der Waals surface area contributed by atoms with Gasteiger partial charge in [-0.05, 0) is 25.0 Å². The first kappa shape index (κ1) is 14.4. The number of piperidine rings is 1. The molecule has 0 spiro atoms. The van der Waals surface area contributed by atoms with Crippen LogP contribution in [0.25, 0.3) is 10.1 Å². The fourth-order valence-corrected chi connectivity index (χ4v) is 3.83. The van der Waals surface area contributed by atoms with Crippen molar-refractivity contribution in [3.8, 4) is 0 Å². The topological polar surface area (TPSA) is 52.6 Å². The van der Waals surface area contributed by atoms with Crippen molar-refractivity contribution < 1.29 is 14.3 Å². The molecular weight excluding hydrogens is 291 g/mol. The summed E-state index contributed by atoms with van der Waals surface area (Å²) in [4.78, 5) is 11.6. The molecule has 3 rings (SSSR count). The Balaban J connectivity index is 1.91. The molecule has 1 saturated heterocycles. The summed E-state index contributed by atoms with van der Waals surface area (Å²) < 4.78 is 14.7. The lowest BCUT2D eigenvalue weighted by molar-refractivity contribution is 0.0700. The molecule has 1 fully saturated rings. The van der Waals surface area contributed by atoms with E-state index in [9.17, 15) is 14.3 Å². The van der Waals surface area contributed by atoms with Gasteiger partial charge in [-0.15, -0.1) is 11.3 Å². The lowest BCUT2D eigenvalue weighted by Gasteiger charge is -2.27. The number of hydrogen-bond donors (Lipinski definition) is 2. The molecule has 21 heavy (non-hydrogen) atoms. The summed E-state index contributed by atoms with van der Waals surface area (Å²) in [5.41, 5.74) is 3.80. The first-order valence-corrected chi connectivity index (χ1v) is 7.90. The Bertz CT molecular complexity index is 665. The van der Waals surface area contributed by atoms with Crippen LogP contribution in [0.5, 0.6) is 0 Å². The number of nitrogens with zero attached hydrogens (tertiary/aromatic N) is 1. The number of carboxylic acids is 1. The molecule has 4 nitrogen and oxygen atoms in total. The zero-order chi connectivity index (χ0) is 14.8. The van der Waals surface area contributed by atoms with Gasteiger partial charge in [-0.3, -0.25) is 5.43 Å². The Kier molecular flexibility index (Phi) is 4.19. The number of benzene rings is 1. The number of hydrogen-bond acceptors (Lipinski definition) is 4. The molecule has 112 valence electrons. The summed E-state index contributed by atoms with van der Waals surface area (Å²) in [5.74, 6) is -1.35. The molecule has 0 aliphatic carbocycles. The lowest BCUT2D eigenvalue weighted by atomic mass is 10.1. The Morgan fingerprint density at radius 1 is 1.33 bits per heavy atom. The Morgan fingerprint density at radius 3 is 2.81 bits per heavy atom.